The number of fused-ring (bicyclic) bond motifs is 1. The van der Waals surface area contributed by atoms with Gasteiger partial charge in [-0.25, -0.2) is 14.4 Å². The van der Waals surface area contributed by atoms with Crippen molar-refractivity contribution in [3.8, 4) is 5.75 Å². The molecule has 1 saturated carbocycles. The molecule has 1 amide bonds. The summed E-state index contributed by atoms with van der Waals surface area (Å²) in [7, 11) is 1.45. The van der Waals surface area contributed by atoms with Gasteiger partial charge in [0.1, 0.15) is 29.5 Å². The van der Waals surface area contributed by atoms with E-state index in [2.05, 4.69) is 27.5 Å². The number of benzene rings is 1. The SMILES string of the molecule is COc1ccc(F)cc1NC(=O)c1c(C)oc2ncnc(NC3(C)CC3)c12. The molecule has 1 fully saturated rings. The van der Waals surface area contributed by atoms with Crippen molar-refractivity contribution < 1.29 is 18.3 Å². The Hall–Kier alpha value is -3.16. The highest BCUT2D eigenvalue weighted by Gasteiger charge is 2.38. The summed E-state index contributed by atoms with van der Waals surface area (Å²) in [6, 6.07) is 3.92. The number of anilines is 2. The zero-order valence-electron chi connectivity index (χ0n) is 15.2. The molecule has 2 N–H and O–H groups in total. The number of hydrogen-bond donors (Lipinski definition) is 2. The van der Waals surface area contributed by atoms with Crippen LogP contribution in [0.15, 0.2) is 28.9 Å². The summed E-state index contributed by atoms with van der Waals surface area (Å²) in [5, 5.41) is 6.57. The van der Waals surface area contributed by atoms with E-state index in [0.29, 0.717) is 34.0 Å². The van der Waals surface area contributed by atoms with Crippen LogP contribution in [0.5, 0.6) is 5.75 Å². The van der Waals surface area contributed by atoms with E-state index in [1.807, 2.05) is 0 Å². The van der Waals surface area contributed by atoms with E-state index in [0.717, 1.165) is 12.8 Å². The fourth-order valence-corrected chi connectivity index (χ4v) is 2.97. The molecule has 0 atom stereocenters. The molecule has 1 aliphatic carbocycles. The summed E-state index contributed by atoms with van der Waals surface area (Å²) in [5.74, 6) is 0.382. The number of aromatic nitrogens is 2. The number of nitrogens with zero attached hydrogens (tertiary/aromatic N) is 2. The second-order valence-electron chi connectivity index (χ2n) is 6.92. The third-order valence-corrected chi connectivity index (χ3v) is 4.72. The van der Waals surface area contributed by atoms with E-state index in [-0.39, 0.29) is 11.2 Å². The fraction of sp³-hybridized carbons (Fsp3) is 0.316. The highest BCUT2D eigenvalue weighted by Crippen LogP contribution is 2.40. The Labute approximate surface area is 154 Å². The van der Waals surface area contributed by atoms with Crippen molar-refractivity contribution in [1.82, 2.24) is 9.97 Å². The van der Waals surface area contributed by atoms with Crippen molar-refractivity contribution in [3.05, 3.63) is 41.7 Å². The van der Waals surface area contributed by atoms with Gasteiger partial charge in [0.15, 0.2) is 0 Å². The van der Waals surface area contributed by atoms with Crippen LogP contribution in [0.4, 0.5) is 15.9 Å². The number of carbonyl (C=O) groups is 1. The monoisotopic (exact) mass is 370 g/mol. The third kappa shape index (κ3) is 3.18. The van der Waals surface area contributed by atoms with Gasteiger partial charge in [0, 0.05) is 11.6 Å². The molecule has 4 rings (SSSR count). The topological polar surface area (TPSA) is 89.3 Å². The molecular formula is C19H19FN4O3. The predicted octanol–water partition coefficient (Wildman–Crippen LogP) is 3.90. The molecule has 0 aliphatic heterocycles. The van der Waals surface area contributed by atoms with Crippen LogP contribution in [-0.2, 0) is 0 Å². The van der Waals surface area contributed by atoms with E-state index in [9.17, 15) is 9.18 Å². The second kappa shape index (κ2) is 6.22. The minimum Gasteiger partial charge on any atom is -0.495 e. The number of rotatable bonds is 5. The van der Waals surface area contributed by atoms with Crippen LogP contribution in [0.1, 0.15) is 35.9 Å². The van der Waals surface area contributed by atoms with Gasteiger partial charge in [-0.3, -0.25) is 4.79 Å². The van der Waals surface area contributed by atoms with Gasteiger partial charge in [-0.05, 0) is 38.8 Å². The first-order valence-electron chi connectivity index (χ1n) is 8.57. The summed E-state index contributed by atoms with van der Waals surface area (Å²) in [4.78, 5) is 21.4. The maximum absolute atomic E-state index is 13.6. The lowest BCUT2D eigenvalue weighted by Crippen LogP contribution is -2.18. The first-order chi connectivity index (χ1) is 12.9. The van der Waals surface area contributed by atoms with Crippen molar-refractivity contribution in [2.45, 2.75) is 32.2 Å². The van der Waals surface area contributed by atoms with Gasteiger partial charge in [0.2, 0.25) is 5.71 Å². The Kier molecular flexibility index (Phi) is 3.98. The molecule has 1 aliphatic rings. The van der Waals surface area contributed by atoms with E-state index in [4.69, 9.17) is 9.15 Å². The first-order valence-corrected chi connectivity index (χ1v) is 8.57. The number of ether oxygens (including phenoxy) is 1. The summed E-state index contributed by atoms with van der Waals surface area (Å²) >= 11 is 0. The summed E-state index contributed by atoms with van der Waals surface area (Å²) in [5.41, 5.74) is 0.831. The van der Waals surface area contributed by atoms with Crippen LogP contribution < -0.4 is 15.4 Å². The number of nitrogens with one attached hydrogen (secondary N) is 2. The lowest BCUT2D eigenvalue weighted by Gasteiger charge is -2.13. The van der Waals surface area contributed by atoms with Gasteiger partial charge in [-0.15, -0.1) is 0 Å². The molecular weight excluding hydrogens is 351 g/mol. The molecule has 1 aromatic carbocycles. The van der Waals surface area contributed by atoms with Crippen LogP contribution in [0.2, 0.25) is 0 Å². The van der Waals surface area contributed by atoms with Gasteiger partial charge in [-0.1, -0.05) is 0 Å². The Morgan fingerprint density at radius 1 is 1.33 bits per heavy atom. The molecule has 2 aromatic heterocycles. The Morgan fingerprint density at radius 3 is 2.81 bits per heavy atom. The number of carbonyl (C=O) groups excluding carboxylic acids is 1. The molecule has 2 heterocycles. The minimum absolute atomic E-state index is 0.0357. The number of furan rings is 1. The zero-order chi connectivity index (χ0) is 19.2. The van der Waals surface area contributed by atoms with E-state index >= 15 is 0 Å². The summed E-state index contributed by atoms with van der Waals surface area (Å²) < 4.78 is 24.5. The quantitative estimate of drug-likeness (QED) is 0.708. The summed E-state index contributed by atoms with van der Waals surface area (Å²) in [6.07, 6.45) is 3.45. The van der Waals surface area contributed by atoms with Crippen molar-refractivity contribution in [2.24, 2.45) is 0 Å². The Balaban J connectivity index is 1.76. The highest BCUT2D eigenvalue weighted by atomic mass is 19.1. The molecule has 0 radical (unpaired) electrons. The van der Waals surface area contributed by atoms with Gasteiger partial charge in [0.25, 0.3) is 5.91 Å². The zero-order valence-corrected chi connectivity index (χ0v) is 15.2. The molecule has 140 valence electrons. The van der Waals surface area contributed by atoms with Crippen LogP contribution in [0.3, 0.4) is 0 Å². The van der Waals surface area contributed by atoms with Crippen LogP contribution in [-0.4, -0.2) is 28.5 Å². The number of halogens is 1. The molecule has 0 saturated heterocycles. The number of hydrogen-bond acceptors (Lipinski definition) is 6. The Morgan fingerprint density at radius 2 is 2.11 bits per heavy atom. The van der Waals surface area contributed by atoms with E-state index in [1.54, 1.807) is 6.92 Å². The average molecular weight is 370 g/mol. The molecule has 7 nitrogen and oxygen atoms in total. The second-order valence-corrected chi connectivity index (χ2v) is 6.92. The number of amides is 1. The Bertz CT molecular complexity index is 1040. The third-order valence-electron chi connectivity index (χ3n) is 4.72. The minimum atomic E-state index is -0.479. The van der Waals surface area contributed by atoms with Crippen molar-refractivity contribution >= 4 is 28.5 Å². The van der Waals surface area contributed by atoms with Crippen LogP contribution >= 0.6 is 0 Å². The smallest absolute Gasteiger partial charge is 0.260 e. The van der Waals surface area contributed by atoms with Gasteiger partial charge in [-0.2, -0.15) is 0 Å². The maximum atomic E-state index is 13.6. The lowest BCUT2D eigenvalue weighted by atomic mass is 10.1. The summed E-state index contributed by atoms with van der Waals surface area (Å²) in [6.45, 7) is 3.77. The first kappa shape index (κ1) is 17.3. The number of aryl methyl sites for hydroxylation is 1. The van der Waals surface area contributed by atoms with Crippen LogP contribution in [0, 0.1) is 12.7 Å². The van der Waals surface area contributed by atoms with E-state index < -0.39 is 11.7 Å². The fourth-order valence-electron chi connectivity index (χ4n) is 2.97. The van der Waals surface area contributed by atoms with Crippen LogP contribution in [0.25, 0.3) is 11.1 Å². The predicted molar refractivity (Wildman–Crippen MR) is 98.7 cm³/mol. The van der Waals surface area contributed by atoms with Gasteiger partial charge < -0.3 is 19.8 Å². The molecule has 0 unspecified atom stereocenters. The normalized spacial score (nSPS) is 14.8. The largest absolute Gasteiger partial charge is 0.495 e. The lowest BCUT2D eigenvalue weighted by molar-refractivity contribution is 0.102. The molecule has 8 heteroatoms. The maximum Gasteiger partial charge on any atom is 0.260 e. The molecule has 0 spiro atoms. The van der Waals surface area contributed by atoms with E-state index in [1.165, 1.54) is 31.6 Å². The average Bonchev–Trinajstić information content (AvgIpc) is 3.23. The molecule has 0 bridgehead atoms. The molecule has 3 aromatic rings. The van der Waals surface area contributed by atoms with Crippen molar-refractivity contribution in [2.75, 3.05) is 17.7 Å². The molecule has 27 heavy (non-hydrogen) atoms. The van der Waals surface area contributed by atoms with Gasteiger partial charge in [0.05, 0.1) is 23.7 Å². The van der Waals surface area contributed by atoms with Crippen molar-refractivity contribution in [1.29, 1.82) is 0 Å². The van der Waals surface area contributed by atoms with Gasteiger partial charge >= 0.3 is 0 Å². The standard InChI is InChI=1S/C19H19FN4O3/c1-10-14(17(25)23-12-8-11(20)4-5-13(12)26-3)15-16(24-19(2)6-7-19)21-9-22-18(15)27-10/h4-5,8-9H,6-7H2,1-3H3,(H,23,25)(H,21,22,24). The highest BCUT2D eigenvalue weighted by molar-refractivity contribution is 6.15. The van der Waals surface area contributed by atoms with Crippen molar-refractivity contribution in [3.63, 3.8) is 0 Å². The number of methoxy groups -OCH3 is 1.